The lowest BCUT2D eigenvalue weighted by molar-refractivity contribution is 0.254. The number of fused-ring (bicyclic) bond motifs is 1. The van der Waals surface area contributed by atoms with Crippen LogP contribution in [0.2, 0.25) is 0 Å². The highest BCUT2D eigenvalue weighted by Crippen LogP contribution is 2.28. The third kappa shape index (κ3) is 3.94. The van der Waals surface area contributed by atoms with Crippen LogP contribution in [0, 0.1) is 6.92 Å². The molecule has 1 heterocycles. The first-order valence-corrected chi connectivity index (χ1v) is 6.02. The minimum atomic E-state index is 0.367. The molecular weight excluding hydrogens is 184 g/mol. The minimum absolute atomic E-state index is 0.367. The molecule has 15 heavy (non-hydrogen) atoms. The summed E-state index contributed by atoms with van der Waals surface area (Å²) in [4.78, 5) is 0. The maximum Gasteiger partial charge on any atom is 0.123 e. The summed E-state index contributed by atoms with van der Waals surface area (Å²) >= 11 is 0. The van der Waals surface area contributed by atoms with E-state index in [9.17, 15) is 0 Å². The molecule has 0 radical (unpaired) electrons. The Morgan fingerprint density at radius 1 is 1.13 bits per heavy atom. The van der Waals surface area contributed by atoms with Gasteiger partial charge in [0, 0.05) is 6.42 Å². The summed E-state index contributed by atoms with van der Waals surface area (Å²) < 4.78 is 5.59. The molecule has 1 nitrogen and oxygen atoms in total. The molecule has 1 unspecified atom stereocenters. The van der Waals surface area contributed by atoms with Crippen molar-refractivity contribution in [3.05, 3.63) is 29.3 Å². The highest BCUT2D eigenvalue weighted by molar-refractivity contribution is 5.40. The molecule has 0 bridgehead atoms. The molecule has 86 valence electrons. The van der Waals surface area contributed by atoms with Crippen molar-refractivity contribution in [2.45, 2.75) is 54.1 Å². The van der Waals surface area contributed by atoms with E-state index in [2.05, 4.69) is 32.0 Å². The molecule has 0 saturated carbocycles. The van der Waals surface area contributed by atoms with Gasteiger partial charge < -0.3 is 4.74 Å². The summed E-state index contributed by atoms with van der Waals surface area (Å²) in [6.45, 7) is 12.2. The van der Waals surface area contributed by atoms with Gasteiger partial charge in [0.1, 0.15) is 11.9 Å². The van der Waals surface area contributed by atoms with Crippen LogP contribution in [-0.4, -0.2) is 6.10 Å². The van der Waals surface area contributed by atoms with Crippen LogP contribution in [-0.2, 0) is 6.42 Å². The Kier molecular flexibility index (Phi) is 6.85. The first-order valence-electron chi connectivity index (χ1n) is 6.02. The topological polar surface area (TPSA) is 9.23 Å². The lowest BCUT2D eigenvalue weighted by atomic mass is 10.1. The largest absolute Gasteiger partial charge is 0.490 e. The molecule has 0 saturated heterocycles. The zero-order valence-corrected chi connectivity index (χ0v) is 10.9. The summed E-state index contributed by atoms with van der Waals surface area (Å²) in [5.74, 6) is 1.08. The van der Waals surface area contributed by atoms with Crippen molar-refractivity contribution in [1.29, 1.82) is 0 Å². The first-order chi connectivity index (χ1) is 7.25. The zero-order chi connectivity index (χ0) is 11.8. The Morgan fingerprint density at radius 3 is 2.33 bits per heavy atom. The highest BCUT2D eigenvalue weighted by atomic mass is 16.5. The molecule has 1 aromatic carbocycles. The van der Waals surface area contributed by atoms with E-state index < -0.39 is 0 Å². The van der Waals surface area contributed by atoms with Gasteiger partial charge in [0.2, 0.25) is 0 Å². The normalized spacial score (nSPS) is 16.3. The number of rotatable bonds is 0. The summed E-state index contributed by atoms with van der Waals surface area (Å²) in [6, 6.07) is 6.41. The number of hydrogen-bond acceptors (Lipinski definition) is 1. The molecule has 0 aromatic heterocycles. The van der Waals surface area contributed by atoms with E-state index in [1.165, 1.54) is 11.1 Å². The second kappa shape index (κ2) is 7.33. The number of ether oxygens (including phenoxy) is 1. The van der Waals surface area contributed by atoms with E-state index >= 15 is 0 Å². The second-order valence-corrected chi connectivity index (χ2v) is 3.24. The SMILES string of the molecule is CC.CC.Cc1ccc2c(c1)OC(C)C2. The molecule has 0 spiro atoms. The van der Waals surface area contributed by atoms with E-state index in [-0.39, 0.29) is 0 Å². The molecular formula is C14H24O. The summed E-state index contributed by atoms with van der Waals surface area (Å²) in [5, 5.41) is 0. The number of benzene rings is 1. The smallest absolute Gasteiger partial charge is 0.123 e. The molecule has 2 rings (SSSR count). The maximum atomic E-state index is 5.59. The van der Waals surface area contributed by atoms with Crippen molar-refractivity contribution >= 4 is 0 Å². The Hall–Kier alpha value is -0.980. The van der Waals surface area contributed by atoms with E-state index in [1.807, 2.05) is 27.7 Å². The average molecular weight is 208 g/mol. The predicted octanol–water partition coefficient (Wildman–Crippen LogP) is 4.37. The third-order valence-electron chi connectivity index (χ3n) is 2.06. The van der Waals surface area contributed by atoms with Crippen LogP contribution in [0.15, 0.2) is 18.2 Å². The fourth-order valence-electron chi connectivity index (χ4n) is 1.51. The first kappa shape index (κ1) is 14.0. The summed E-state index contributed by atoms with van der Waals surface area (Å²) in [5.41, 5.74) is 2.63. The Morgan fingerprint density at radius 2 is 1.73 bits per heavy atom. The standard InChI is InChI=1S/C10H12O.2C2H6/c1-7-3-4-9-6-8(2)11-10(9)5-7;2*1-2/h3-5,8H,6H2,1-2H3;2*1-2H3. The van der Waals surface area contributed by atoms with Crippen LogP contribution in [0.5, 0.6) is 5.75 Å². The van der Waals surface area contributed by atoms with Crippen LogP contribution >= 0.6 is 0 Å². The Bertz CT molecular complexity index is 279. The average Bonchev–Trinajstić information content (AvgIpc) is 2.63. The van der Waals surface area contributed by atoms with E-state index in [0.29, 0.717) is 6.10 Å². The van der Waals surface area contributed by atoms with Gasteiger partial charge in [-0.1, -0.05) is 39.8 Å². The van der Waals surface area contributed by atoms with Gasteiger partial charge in [-0.25, -0.2) is 0 Å². The van der Waals surface area contributed by atoms with Crippen molar-refractivity contribution in [2.24, 2.45) is 0 Å². The number of aryl methyl sites for hydroxylation is 1. The lowest BCUT2D eigenvalue weighted by Gasteiger charge is -2.02. The van der Waals surface area contributed by atoms with Crippen molar-refractivity contribution < 1.29 is 4.74 Å². The molecule has 1 atom stereocenters. The maximum absolute atomic E-state index is 5.59. The predicted molar refractivity (Wildman–Crippen MR) is 67.7 cm³/mol. The van der Waals surface area contributed by atoms with Gasteiger partial charge in [-0.15, -0.1) is 0 Å². The Labute approximate surface area is 94.5 Å². The van der Waals surface area contributed by atoms with E-state index in [1.54, 1.807) is 0 Å². The second-order valence-electron chi connectivity index (χ2n) is 3.24. The van der Waals surface area contributed by atoms with Gasteiger partial charge in [-0.05, 0) is 31.0 Å². The summed E-state index contributed by atoms with van der Waals surface area (Å²) in [7, 11) is 0. The van der Waals surface area contributed by atoms with Gasteiger partial charge in [-0.2, -0.15) is 0 Å². The van der Waals surface area contributed by atoms with Gasteiger partial charge in [0.05, 0.1) is 0 Å². The fourth-order valence-corrected chi connectivity index (χ4v) is 1.51. The van der Waals surface area contributed by atoms with E-state index in [0.717, 1.165) is 12.2 Å². The third-order valence-corrected chi connectivity index (χ3v) is 2.06. The highest BCUT2D eigenvalue weighted by Gasteiger charge is 2.17. The van der Waals surface area contributed by atoms with Crippen LogP contribution in [0.3, 0.4) is 0 Å². The molecule has 0 amide bonds. The van der Waals surface area contributed by atoms with Crippen molar-refractivity contribution in [2.75, 3.05) is 0 Å². The van der Waals surface area contributed by atoms with Crippen LogP contribution < -0.4 is 4.74 Å². The summed E-state index contributed by atoms with van der Waals surface area (Å²) in [6.07, 6.45) is 1.43. The molecule has 1 aliphatic heterocycles. The zero-order valence-electron chi connectivity index (χ0n) is 10.9. The van der Waals surface area contributed by atoms with Gasteiger partial charge in [-0.3, -0.25) is 0 Å². The monoisotopic (exact) mass is 208 g/mol. The van der Waals surface area contributed by atoms with Crippen molar-refractivity contribution in [3.63, 3.8) is 0 Å². The van der Waals surface area contributed by atoms with Crippen molar-refractivity contribution in [3.8, 4) is 5.75 Å². The molecule has 1 aliphatic rings. The van der Waals surface area contributed by atoms with Crippen LogP contribution in [0.25, 0.3) is 0 Å². The number of hydrogen-bond donors (Lipinski definition) is 0. The molecule has 0 fully saturated rings. The van der Waals surface area contributed by atoms with Gasteiger partial charge >= 0.3 is 0 Å². The molecule has 0 N–H and O–H groups in total. The molecule has 1 heteroatoms. The fraction of sp³-hybridized carbons (Fsp3) is 0.571. The van der Waals surface area contributed by atoms with Crippen LogP contribution in [0.1, 0.15) is 45.7 Å². The molecule has 0 aliphatic carbocycles. The quantitative estimate of drug-likeness (QED) is 0.615. The van der Waals surface area contributed by atoms with Crippen molar-refractivity contribution in [1.82, 2.24) is 0 Å². The molecule has 1 aromatic rings. The van der Waals surface area contributed by atoms with Gasteiger partial charge in [0.15, 0.2) is 0 Å². The van der Waals surface area contributed by atoms with Gasteiger partial charge in [0.25, 0.3) is 0 Å². The minimum Gasteiger partial charge on any atom is -0.490 e. The lowest BCUT2D eigenvalue weighted by Crippen LogP contribution is -2.05. The van der Waals surface area contributed by atoms with E-state index in [4.69, 9.17) is 4.74 Å². The Balaban J connectivity index is 0.000000442. The van der Waals surface area contributed by atoms with Crippen LogP contribution in [0.4, 0.5) is 0 Å².